The van der Waals surface area contributed by atoms with E-state index in [1.165, 1.54) is 0 Å². The molecule has 126 valence electrons. The predicted molar refractivity (Wildman–Crippen MR) is 88.3 cm³/mol. The number of carbonyl (C=O) groups is 2. The summed E-state index contributed by atoms with van der Waals surface area (Å²) >= 11 is 0. The minimum Gasteiger partial charge on any atom is -0.359 e. The van der Waals surface area contributed by atoms with E-state index in [9.17, 15) is 9.59 Å². The molecular weight excluding hydrogens is 306 g/mol. The number of rotatable bonds is 5. The topological polar surface area (TPSA) is 75.4 Å². The number of nitrogens with zero attached hydrogens (tertiary/aromatic N) is 2. The molecule has 0 radical (unpaired) electrons. The van der Waals surface area contributed by atoms with Crippen molar-refractivity contribution >= 4 is 11.8 Å². The van der Waals surface area contributed by atoms with Gasteiger partial charge in [-0.05, 0) is 17.5 Å². The molecule has 0 fully saturated rings. The summed E-state index contributed by atoms with van der Waals surface area (Å²) in [5.41, 5.74) is 2.41. The molecule has 1 aliphatic rings. The first-order valence-corrected chi connectivity index (χ1v) is 8.05. The highest BCUT2D eigenvalue weighted by molar-refractivity contribution is 5.99. The lowest BCUT2D eigenvalue weighted by molar-refractivity contribution is -0.131. The second kappa shape index (κ2) is 6.47. The van der Waals surface area contributed by atoms with Gasteiger partial charge < -0.3 is 14.7 Å². The Hall–Kier alpha value is -2.63. The van der Waals surface area contributed by atoms with Crippen molar-refractivity contribution in [2.24, 2.45) is 0 Å². The van der Waals surface area contributed by atoms with Gasteiger partial charge in [-0.15, -0.1) is 0 Å². The first kappa shape index (κ1) is 16.2. The third kappa shape index (κ3) is 3.18. The zero-order valence-corrected chi connectivity index (χ0v) is 14.1. The number of nitrogens with one attached hydrogen (secondary N) is 1. The molecule has 0 saturated carbocycles. The van der Waals surface area contributed by atoms with Gasteiger partial charge in [0.15, 0.2) is 5.76 Å². The first-order valence-electron chi connectivity index (χ1n) is 8.05. The van der Waals surface area contributed by atoms with E-state index in [0.717, 1.165) is 11.3 Å². The molecule has 1 aromatic carbocycles. The Kier molecular flexibility index (Phi) is 4.38. The van der Waals surface area contributed by atoms with Crippen molar-refractivity contribution in [1.29, 1.82) is 0 Å². The molecule has 2 aromatic rings. The van der Waals surface area contributed by atoms with Gasteiger partial charge in [0.25, 0.3) is 5.91 Å². The Morgan fingerprint density at radius 2 is 2.12 bits per heavy atom. The van der Waals surface area contributed by atoms with Crippen LogP contribution in [0, 0.1) is 0 Å². The van der Waals surface area contributed by atoms with Crippen LogP contribution in [0.1, 0.15) is 59.6 Å². The third-order valence-corrected chi connectivity index (χ3v) is 4.25. The van der Waals surface area contributed by atoms with Crippen molar-refractivity contribution in [1.82, 2.24) is 15.4 Å². The van der Waals surface area contributed by atoms with E-state index in [4.69, 9.17) is 4.52 Å². The highest BCUT2D eigenvalue weighted by atomic mass is 16.5. The van der Waals surface area contributed by atoms with E-state index >= 15 is 0 Å². The molecule has 0 unspecified atom stereocenters. The summed E-state index contributed by atoms with van der Waals surface area (Å²) in [5, 5.41) is 6.87. The molecule has 2 heterocycles. The van der Waals surface area contributed by atoms with E-state index in [0.29, 0.717) is 17.9 Å². The maximum Gasteiger partial charge on any atom is 0.252 e. The molecule has 0 spiro atoms. The van der Waals surface area contributed by atoms with Crippen LogP contribution in [-0.2, 0) is 11.3 Å². The van der Waals surface area contributed by atoms with E-state index < -0.39 is 0 Å². The first-order chi connectivity index (χ1) is 11.5. The Morgan fingerprint density at radius 3 is 2.83 bits per heavy atom. The SMILES string of the molecule is CC(C)c1cc(CN(C)C(=O)C[C@@H]2NC(=O)c3ccccc32)on1. The van der Waals surface area contributed by atoms with E-state index in [1.54, 1.807) is 18.0 Å². The fraction of sp³-hybridized carbons (Fsp3) is 0.389. The molecule has 0 saturated heterocycles. The fourth-order valence-corrected chi connectivity index (χ4v) is 2.81. The summed E-state index contributed by atoms with van der Waals surface area (Å²) in [4.78, 5) is 26.0. The van der Waals surface area contributed by atoms with Gasteiger partial charge in [0.05, 0.1) is 24.7 Å². The minimum atomic E-state index is -0.274. The molecule has 6 nitrogen and oxygen atoms in total. The van der Waals surface area contributed by atoms with Gasteiger partial charge in [-0.25, -0.2) is 0 Å². The monoisotopic (exact) mass is 327 g/mol. The van der Waals surface area contributed by atoms with Gasteiger partial charge in [0.2, 0.25) is 5.91 Å². The summed E-state index contributed by atoms with van der Waals surface area (Å²) in [6, 6.07) is 8.97. The van der Waals surface area contributed by atoms with Crippen LogP contribution in [0.5, 0.6) is 0 Å². The maximum absolute atomic E-state index is 12.5. The number of hydrogen-bond donors (Lipinski definition) is 1. The minimum absolute atomic E-state index is 0.0560. The summed E-state index contributed by atoms with van der Waals surface area (Å²) in [7, 11) is 1.72. The number of aromatic nitrogens is 1. The lowest BCUT2D eigenvalue weighted by Gasteiger charge is -2.18. The molecule has 2 amide bonds. The van der Waals surface area contributed by atoms with Gasteiger partial charge in [0.1, 0.15) is 0 Å². The van der Waals surface area contributed by atoms with Gasteiger partial charge in [-0.1, -0.05) is 37.2 Å². The molecule has 1 aliphatic heterocycles. The smallest absolute Gasteiger partial charge is 0.252 e. The van der Waals surface area contributed by atoms with Crippen LogP contribution in [0.4, 0.5) is 0 Å². The zero-order valence-electron chi connectivity index (χ0n) is 14.1. The molecule has 1 atom stereocenters. The van der Waals surface area contributed by atoms with Crippen molar-refractivity contribution in [3.8, 4) is 0 Å². The molecule has 24 heavy (non-hydrogen) atoms. The number of carbonyl (C=O) groups excluding carboxylic acids is 2. The quantitative estimate of drug-likeness (QED) is 0.916. The second-order valence-electron chi connectivity index (χ2n) is 6.44. The van der Waals surface area contributed by atoms with Crippen molar-refractivity contribution in [2.45, 2.75) is 38.8 Å². The summed E-state index contributed by atoms with van der Waals surface area (Å²) in [5.74, 6) is 0.765. The van der Waals surface area contributed by atoms with E-state index in [1.807, 2.05) is 38.1 Å². The highest BCUT2D eigenvalue weighted by Gasteiger charge is 2.30. The maximum atomic E-state index is 12.5. The van der Waals surface area contributed by atoms with Crippen molar-refractivity contribution < 1.29 is 14.1 Å². The van der Waals surface area contributed by atoms with Crippen LogP contribution in [0.15, 0.2) is 34.9 Å². The lowest BCUT2D eigenvalue weighted by atomic mass is 10.0. The van der Waals surface area contributed by atoms with E-state index in [2.05, 4.69) is 10.5 Å². The van der Waals surface area contributed by atoms with Crippen molar-refractivity contribution in [2.75, 3.05) is 7.05 Å². The molecular formula is C18H21N3O3. The molecule has 1 aromatic heterocycles. The number of amides is 2. The molecule has 0 bridgehead atoms. The van der Waals surface area contributed by atoms with Crippen LogP contribution in [0.2, 0.25) is 0 Å². The lowest BCUT2D eigenvalue weighted by Crippen LogP contribution is -2.30. The summed E-state index contributed by atoms with van der Waals surface area (Å²) < 4.78 is 5.28. The van der Waals surface area contributed by atoms with Gasteiger partial charge in [-0.2, -0.15) is 0 Å². The number of fused-ring (bicyclic) bond motifs is 1. The number of benzene rings is 1. The van der Waals surface area contributed by atoms with Crippen LogP contribution < -0.4 is 5.32 Å². The van der Waals surface area contributed by atoms with Gasteiger partial charge in [0, 0.05) is 18.7 Å². The van der Waals surface area contributed by atoms with Gasteiger partial charge >= 0.3 is 0 Å². The molecule has 1 N–H and O–H groups in total. The average Bonchev–Trinajstić information content (AvgIpc) is 3.13. The average molecular weight is 327 g/mol. The standard InChI is InChI=1S/C18H21N3O3/c1-11(2)15-8-12(24-20-15)10-21(3)17(22)9-16-13-6-4-5-7-14(13)18(23)19-16/h4-8,11,16H,9-10H2,1-3H3,(H,19,23)/t16-/m0/s1. The van der Waals surface area contributed by atoms with Crippen molar-refractivity contribution in [3.05, 3.63) is 52.9 Å². The zero-order chi connectivity index (χ0) is 17.3. The Bertz CT molecular complexity index is 766. The largest absolute Gasteiger partial charge is 0.359 e. The van der Waals surface area contributed by atoms with Crippen LogP contribution in [0.25, 0.3) is 0 Å². The van der Waals surface area contributed by atoms with Crippen molar-refractivity contribution in [3.63, 3.8) is 0 Å². The van der Waals surface area contributed by atoms with Crippen LogP contribution in [0.3, 0.4) is 0 Å². The molecule has 6 heteroatoms. The summed E-state index contributed by atoms with van der Waals surface area (Å²) in [6.07, 6.45) is 0.227. The summed E-state index contributed by atoms with van der Waals surface area (Å²) in [6.45, 7) is 4.44. The van der Waals surface area contributed by atoms with Crippen LogP contribution in [-0.4, -0.2) is 28.9 Å². The van der Waals surface area contributed by atoms with Crippen LogP contribution >= 0.6 is 0 Å². The Labute approximate surface area is 140 Å². The highest BCUT2D eigenvalue weighted by Crippen LogP contribution is 2.28. The normalized spacial score (nSPS) is 16.2. The van der Waals surface area contributed by atoms with E-state index in [-0.39, 0.29) is 30.2 Å². The molecule has 0 aliphatic carbocycles. The fourth-order valence-electron chi connectivity index (χ4n) is 2.81. The number of hydrogen-bond acceptors (Lipinski definition) is 4. The molecule has 3 rings (SSSR count). The Morgan fingerprint density at radius 1 is 1.38 bits per heavy atom. The third-order valence-electron chi connectivity index (χ3n) is 4.25. The van der Waals surface area contributed by atoms with Gasteiger partial charge in [-0.3, -0.25) is 9.59 Å². The Balaban J connectivity index is 1.63. The second-order valence-corrected chi connectivity index (χ2v) is 6.44. The predicted octanol–water partition coefficient (Wildman–Crippen LogP) is 2.63.